The molecule has 1 fully saturated rings. The van der Waals surface area contributed by atoms with Gasteiger partial charge >= 0.3 is 0 Å². The quantitative estimate of drug-likeness (QED) is 0.759. The Morgan fingerprint density at radius 3 is 2.72 bits per heavy atom. The first kappa shape index (κ1) is 11.6. The monoisotopic (exact) mass is 242 g/mol. The van der Waals surface area contributed by atoms with Gasteiger partial charge in [-0.15, -0.1) is 0 Å². The summed E-state index contributed by atoms with van der Waals surface area (Å²) in [5.74, 6) is 0.892. The van der Waals surface area contributed by atoms with Gasteiger partial charge in [-0.3, -0.25) is 4.90 Å². The number of hydrogen-bond donors (Lipinski definition) is 0. The van der Waals surface area contributed by atoms with E-state index in [0.29, 0.717) is 6.61 Å². The zero-order chi connectivity index (χ0) is 12.4. The molecule has 0 N–H and O–H groups in total. The summed E-state index contributed by atoms with van der Waals surface area (Å²) in [7, 11) is 0. The number of nitriles is 1. The van der Waals surface area contributed by atoms with Crippen LogP contribution in [0.2, 0.25) is 0 Å². The van der Waals surface area contributed by atoms with Crippen LogP contribution in [0.3, 0.4) is 0 Å². The molecule has 0 saturated carbocycles. The van der Waals surface area contributed by atoms with Gasteiger partial charge in [-0.05, 0) is 31.7 Å². The summed E-state index contributed by atoms with van der Waals surface area (Å²) in [5, 5.41) is 9.83. The van der Waals surface area contributed by atoms with Crippen molar-refractivity contribution >= 4 is 0 Å². The normalized spacial score (nSPS) is 27.9. The summed E-state index contributed by atoms with van der Waals surface area (Å²) in [6, 6.07) is 10.6. The van der Waals surface area contributed by atoms with Gasteiger partial charge in [0.1, 0.15) is 11.3 Å². The maximum atomic E-state index is 9.83. The zero-order valence-electron chi connectivity index (χ0n) is 10.6. The van der Waals surface area contributed by atoms with Crippen molar-refractivity contribution in [3.8, 4) is 11.8 Å². The molecule has 0 amide bonds. The Morgan fingerprint density at radius 1 is 1.17 bits per heavy atom. The average molecular weight is 242 g/mol. The van der Waals surface area contributed by atoms with Crippen molar-refractivity contribution in [1.29, 1.82) is 5.26 Å². The number of nitrogens with zero attached hydrogens (tertiary/aromatic N) is 2. The van der Waals surface area contributed by atoms with Crippen LogP contribution in [0, 0.1) is 11.3 Å². The third-order valence-electron chi connectivity index (χ3n) is 4.10. The topological polar surface area (TPSA) is 36.3 Å². The number of hydrogen-bond acceptors (Lipinski definition) is 3. The molecule has 1 unspecified atom stereocenters. The molecule has 3 heteroatoms. The molecule has 1 aromatic rings. The molecule has 2 heterocycles. The first-order valence-corrected chi connectivity index (χ1v) is 6.75. The SMILES string of the molecule is N#CC1(N2CCCC2)CCCOc2ccccc21. The molecule has 3 rings (SSSR count). The van der Waals surface area contributed by atoms with Crippen molar-refractivity contribution in [2.75, 3.05) is 19.7 Å². The van der Waals surface area contributed by atoms with Crippen LogP contribution in [0.5, 0.6) is 5.75 Å². The van der Waals surface area contributed by atoms with E-state index in [-0.39, 0.29) is 0 Å². The van der Waals surface area contributed by atoms with E-state index in [9.17, 15) is 5.26 Å². The van der Waals surface area contributed by atoms with Crippen molar-refractivity contribution in [2.24, 2.45) is 0 Å². The molecule has 18 heavy (non-hydrogen) atoms. The van der Waals surface area contributed by atoms with Crippen molar-refractivity contribution in [2.45, 2.75) is 31.2 Å². The summed E-state index contributed by atoms with van der Waals surface area (Å²) in [6.45, 7) is 2.78. The van der Waals surface area contributed by atoms with Crippen molar-refractivity contribution in [3.63, 3.8) is 0 Å². The van der Waals surface area contributed by atoms with Gasteiger partial charge in [0.05, 0.1) is 12.7 Å². The smallest absolute Gasteiger partial charge is 0.138 e. The van der Waals surface area contributed by atoms with Gasteiger partial charge in [0.15, 0.2) is 0 Å². The molecule has 1 aromatic carbocycles. The van der Waals surface area contributed by atoms with Crippen LogP contribution in [-0.4, -0.2) is 24.6 Å². The van der Waals surface area contributed by atoms with Crippen LogP contribution in [0.4, 0.5) is 0 Å². The van der Waals surface area contributed by atoms with E-state index in [1.165, 1.54) is 12.8 Å². The highest BCUT2D eigenvalue weighted by Gasteiger charge is 2.42. The number of likely N-dealkylation sites (tertiary alicyclic amines) is 1. The maximum Gasteiger partial charge on any atom is 0.138 e. The predicted octanol–water partition coefficient (Wildman–Crippen LogP) is 2.67. The second kappa shape index (κ2) is 4.62. The van der Waals surface area contributed by atoms with Crippen molar-refractivity contribution < 1.29 is 4.74 Å². The van der Waals surface area contributed by atoms with Crippen molar-refractivity contribution in [1.82, 2.24) is 4.90 Å². The molecule has 3 nitrogen and oxygen atoms in total. The van der Waals surface area contributed by atoms with Crippen LogP contribution in [0.1, 0.15) is 31.2 Å². The lowest BCUT2D eigenvalue weighted by Gasteiger charge is -2.35. The molecule has 0 radical (unpaired) electrons. The first-order chi connectivity index (χ1) is 8.87. The lowest BCUT2D eigenvalue weighted by atomic mass is 9.85. The van der Waals surface area contributed by atoms with E-state index < -0.39 is 5.54 Å². The number of ether oxygens (including phenoxy) is 1. The number of benzene rings is 1. The fraction of sp³-hybridized carbons (Fsp3) is 0.533. The van der Waals surface area contributed by atoms with Crippen LogP contribution >= 0.6 is 0 Å². The van der Waals surface area contributed by atoms with Gasteiger partial charge in [0.2, 0.25) is 0 Å². The van der Waals surface area contributed by atoms with E-state index >= 15 is 0 Å². The van der Waals surface area contributed by atoms with E-state index in [4.69, 9.17) is 4.74 Å². The zero-order valence-corrected chi connectivity index (χ0v) is 10.6. The Labute approximate surface area is 108 Å². The largest absolute Gasteiger partial charge is 0.493 e. The second-order valence-electron chi connectivity index (χ2n) is 5.11. The lowest BCUT2D eigenvalue weighted by Crippen LogP contribution is -2.43. The van der Waals surface area contributed by atoms with Crippen LogP contribution < -0.4 is 4.74 Å². The Balaban J connectivity index is 2.10. The van der Waals surface area contributed by atoms with Gasteiger partial charge in [-0.25, -0.2) is 0 Å². The molecular formula is C15H18N2O. The summed E-state index contributed by atoms with van der Waals surface area (Å²) >= 11 is 0. The van der Waals surface area contributed by atoms with Gasteiger partial charge in [0, 0.05) is 18.7 Å². The minimum atomic E-state index is -0.469. The third-order valence-corrected chi connectivity index (χ3v) is 4.10. The van der Waals surface area contributed by atoms with Crippen LogP contribution in [0.25, 0.3) is 0 Å². The van der Waals surface area contributed by atoms with Crippen LogP contribution in [0.15, 0.2) is 24.3 Å². The highest BCUT2D eigenvalue weighted by molar-refractivity contribution is 5.44. The van der Waals surface area contributed by atoms with Gasteiger partial charge in [-0.2, -0.15) is 5.26 Å². The average Bonchev–Trinajstić information content (AvgIpc) is 2.88. The summed E-state index contributed by atoms with van der Waals surface area (Å²) in [6.07, 6.45) is 4.22. The highest BCUT2D eigenvalue weighted by atomic mass is 16.5. The molecule has 1 saturated heterocycles. The Hall–Kier alpha value is -1.53. The highest BCUT2D eigenvalue weighted by Crippen LogP contribution is 2.41. The molecule has 0 aromatic heterocycles. The molecule has 94 valence electrons. The molecule has 0 aliphatic carbocycles. The maximum absolute atomic E-state index is 9.83. The summed E-state index contributed by atoms with van der Waals surface area (Å²) in [4.78, 5) is 2.35. The van der Waals surface area contributed by atoms with Gasteiger partial charge in [-0.1, -0.05) is 18.2 Å². The fourth-order valence-electron chi connectivity index (χ4n) is 3.19. The number of fused-ring (bicyclic) bond motifs is 1. The first-order valence-electron chi connectivity index (χ1n) is 6.75. The molecule has 2 aliphatic heterocycles. The summed E-state index contributed by atoms with van der Waals surface area (Å²) in [5.41, 5.74) is 0.593. The second-order valence-corrected chi connectivity index (χ2v) is 5.11. The minimum Gasteiger partial charge on any atom is -0.493 e. The van der Waals surface area contributed by atoms with Gasteiger partial charge in [0.25, 0.3) is 0 Å². The fourth-order valence-corrected chi connectivity index (χ4v) is 3.19. The Morgan fingerprint density at radius 2 is 1.94 bits per heavy atom. The predicted molar refractivity (Wildman–Crippen MR) is 69.3 cm³/mol. The van der Waals surface area contributed by atoms with Crippen LogP contribution in [-0.2, 0) is 5.54 Å². The molecule has 1 atom stereocenters. The molecule has 0 bridgehead atoms. The minimum absolute atomic E-state index is 0.469. The van der Waals surface area contributed by atoms with E-state index in [1.54, 1.807) is 0 Å². The van der Waals surface area contributed by atoms with Gasteiger partial charge < -0.3 is 4.74 Å². The number of rotatable bonds is 1. The number of para-hydroxylation sites is 1. The summed E-state index contributed by atoms with van der Waals surface area (Å²) < 4.78 is 5.79. The Bertz CT molecular complexity index is 474. The van der Waals surface area contributed by atoms with Crippen molar-refractivity contribution in [3.05, 3.63) is 29.8 Å². The molecular weight excluding hydrogens is 224 g/mol. The third kappa shape index (κ3) is 1.69. The molecule has 2 aliphatic rings. The van der Waals surface area contributed by atoms with E-state index in [0.717, 1.165) is 37.2 Å². The standard InChI is InChI=1S/C15H18N2O/c16-12-15(17-9-3-4-10-17)8-5-11-18-14-7-2-1-6-13(14)15/h1-2,6-7H,3-5,8-11H2. The van der Waals surface area contributed by atoms with E-state index in [1.807, 2.05) is 18.2 Å². The van der Waals surface area contributed by atoms with E-state index in [2.05, 4.69) is 17.0 Å². The lowest BCUT2D eigenvalue weighted by molar-refractivity contribution is 0.162. The molecule has 0 spiro atoms. The Kier molecular flexibility index (Phi) is 2.97.